The van der Waals surface area contributed by atoms with E-state index >= 15 is 0 Å². The van der Waals surface area contributed by atoms with Gasteiger partial charge in [0.15, 0.2) is 5.82 Å². The maximum Gasteiger partial charge on any atom is 0.337 e. The van der Waals surface area contributed by atoms with Crippen LogP contribution >= 0.6 is 0 Å². The molecule has 0 aliphatic carbocycles. The van der Waals surface area contributed by atoms with E-state index in [-0.39, 0.29) is 11.0 Å². The zero-order valence-electron chi connectivity index (χ0n) is 16.8. The third kappa shape index (κ3) is 4.27. The monoisotopic (exact) mass is 378 g/mol. The van der Waals surface area contributed by atoms with Crippen LogP contribution in [0.15, 0.2) is 42.7 Å². The predicted octanol–water partition coefficient (Wildman–Crippen LogP) is 4.34. The molecule has 0 unspecified atom stereocenters. The van der Waals surface area contributed by atoms with Crippen molar-refractivity contribution >= 4 is 5.97 Å². The maximum absolute atomic E-state index is 11.4. The molecule has 28 heavy (non-hydrogen) atoms. The van der Waals surface area contributed by atoms with Gasteiger partial charge in [0, 0.05) is 30.8 Å². The molecule has 0 saturated carbocycles. The molecule has 0 aliphatic rings. The van der Waals surface area contributed by atoms with Gasteiger partial charge in [0.25, 0.3) is 0 Å². The number of carbonyl (C=O) groups is 1. The summed E-state index contributed by atoms with van der Waals surface area (Å²) in [7, 11) is 0. The van der Waals surface area contributed by atoms with Crippen LogP contribution in [0.25, 0.3) is 11.1 Å². The summed E-state index contributed by atoms with van der Waals surface area (Å²) in [6.45, 7) is 9.32. The van der Waals surface area contributed by atoms with Crippen LogP contribution in [0.4, 0.5) is 0 Å². The molecule has 0 fully saturated rings. The van der Waals surface area contributed by atoms with Crippen LogP contribution < -0.4 is 0 Å². The van der Waals surface area contributed by atoms with Gasteiger partial charge in [-0.25, -0.2) is 14.5 Å². The van der Waals surface area contributed by atoms with Crippen molar-refractivity contribution in [1.29, 1.82) is 0 Å². The Hall–Kier alpha value is -3.02. The van der Waals surface area contributed by atoms with Crippen LogP contribution in [0.5, 0.6) is 0 Å². The lowest BCUT2D eigenvalue weighted by Gasteiger charge is -2.12. The zero-order chi connectivity index (χ0) is 20.3. The highest BCUT2D eigenvalue weighted by atomic mass is 16.4. The molecule has 3 aromatic rings. The zero-order valence-corrected chi connectivity index (χ0v) is 16.8. The summed E-state index contributed by atoms with van der Waals surface area (Å²) in [4.78, 5) is 20.1. The molecular weight excluding hydrogens is 352 g/mol. The summed E-state index contributed by atoms with van der Waals surface area (Å²) in [5.41, 5.74) is 2.74. The topological polar surface area (TPSA) is 80.9 Å². The van der Waals surface area contributed by atoms with Gasteiger partial charge in [-0.15, -0.1) is 0 Å². The number of carboxylic acids is 1. The molecule has 0 aliphatic heterocycles. The van der Waals surface area contributed by atoms with Crippen LogP contribution in [-0.2, 0) is 18.4 Å². The summed E-state index contributed by atoms with van der Waals surface area (Å²) in [5.74, 6) is 0.833. The lowest BCUT2D eigenvalue weighted by Crippen LogP contribution is -2.14. The Morgan fingerprint density at radius 1 is 1.14 bits per heavy atom. The van der Waals surface area contributed by atoms with Gasteiger partial charge in [-0.1, -0.05) is 52.0 Å². The Balaban J connectivity index is 1.88. The number of aryl methyl sites for hydroxylation is 1. The lowest BCUT2D eigenvalue weighted by atomic mass is 9.96. The van der Waals surface area contributed by atoms with Crippen molar-refractivity contribution < 1.29 is 9.90 Å². The largest absolute Gasteiger partial charge is 0.478 e. The SMILES string of the molecule is CCCn1nc(C(C)(C)C)nc1Cc1ccc(-c2ccncc2C(=O)O)cc1. The Bertz CT molecular complexity index is 969. The van der Waals surface area contributed by atoms with E-state index in [0.717, 1.165) is 35.7 Å². The van der Waals surface area contributed by atoms with Crippen molar-refractivity contribution in [3.05, 3.63) is 65.5 Å². The minimum Gasteiger partial charge on any atom is -0.478 e. The van der Waals surface area contributed by atoms with Crippen molar-refractivity contribution in [2.75, 3.05) is 0 Å². The molecule has 0 atom stereocenters. The van der Waals surface area contributed by atoms with Crippen LogP contribution in [0.3, 0.4) is 0 Å². The highest BCUT2D eigenvalue weighted by Gasteiger charge is 2.21. The van der Waals surface area contributed by atoms with Crippen LogP contribution in [0, 0.1) is 0 Å². The summed E-state index contributed by atoms with van der Waals surface area (Å²) < 4.78 is 2.00. The van der Waals surface area contributed by atoms with Crippen molar-refractivity contribution in [3.8, 4) is 11.1 Å². The number of pyridine rings is 1. The average Bonchev–Trinajstić information content (AvgIpc) is 3.06. The molecule has 2 heterocycles. The highest BCUT2D eigenvalue weighted by molar-refractivity contribution is 5.95. The predicted molar refractivity (Wildman–Crippen MR) is 108 cm³/mol. The second kappa shape index (κ2) is 7.92. The summed E-state index contributed by atoms with van der Waals surface area (Å²) in [6, 6.07) is 9.66. The fourth-order valence-corrected chi connectivity index (χ4v) is 3.02. The van der Waals surface area contributed by atoms with Gasteiger partial charge < -0.3 is 5.11 Å². The molecule has 6 nitrogen and oxygen atoms in total. The molecule has 6 heteroatoms. The number of aromatic nitrogens is 4. The number of hydrogen-bond acceptors (Lipinski definition) is 4. The summed E-state index contributed by atoms with van der Waals surface area (Å²) >= 11 is 0. The van der Waals surface area contributed by atoms with Crippen molar-refractivity contribution in [2.45, 2.75) is 52.5 Å². The van der Waals surface area contributed by atoms with Crippen LogP contribution in [0.1, 0.15) is 61.7 Å². The van der Waals surface area contributed by atoms with E-state index in [1.54, 1.807) is 12.3 Å². The van der Waals surface area contributed by atoms with E-state index in [1.165, 1.54) is 6.20 Å². The molecule has 0 bridgehead atoms. The average molecular weight is 378 g/mol. The molecule has 1 aromatic carbocycles. The van der Waals surface area contributed by atoms with Gasteiger partial charge in [0.1, 0.15) is 5.82 Å². The van der Waals surface area contributed by atoms with Gasteiger partial charge in [-0.2, -0.15) is 5.10 Å². The van der Waals surface area contributed by atoms with Crippen LogP contribution in [0.2, 0.25) is 0 Å². The Kier molecular flexibility index (Phi) is 5.58. The highest BCUT2D eigenvalue weighted by Crippen LogP contribution is 2.25. The number of hydrogen-bond donors (Lipinski definition) is 1. The van der Waals surface area contributed by atoms with Gasteiger partial charge in [0.05, 0.1) is 5.56 Å². The van der Waals surface area contributed by atoms with Crippen molar-refractivity contribution in [3.63, 3.8) is 0 Å². The molecule has 0 radical (unpaired) electrons. The first-order valence-corrected chi connectivity index (χ1v) is 9.50. The normalized spacial score (nSPS) is 11.6. The molecule has 3 rings (SSSR count). The van der Waals surface area contributed by atoms with E-state index in [9.17, 15) is 9.90 Å². The third-order valence-corrected chi connectivity index (χ3v) is 4.53. The molecular formula is C22H26N4O2. The number of carboxylic acid groups (broad SMARTS) is 1. The number of benzene rings is 1. The number of nitrogens with zero attached hydrogens (tertiary/aromatic N) is 4. The first-order valence-electron chi connectivity index (χ1n) is 9.50. The first-order chi connectivity index (χ1) is 13.3. The smallest absolute Gasteiger partial charge is 0.337 e. The van der Waals surface area contributed by atoms with Crippen molar-refractivity contribution in [1.82, 2.24) is 19.7 Å². The molecule has 146 valence electrons. The minimum absolute atomic E-state index is 0.0911. The molecule has 0 spiro atoms. The van der Waals surface area contributed by atoms with E-state index < -0.39 is 5.97 Å². The molecule has 1 N–H and O–H groups in total. The van der Waals surface area contributed by atoms with E-state index in [1.807, 2.05) is 28.9 Å². The van der Waals surface area contributed by atoms with Crippen LogP contribution in [-0.4, -0.2) is 30.8 Å². The third-order valence-electron chi connectivity index (χ3n) is 4.53. The Morgan fingerprint density at radius 3 is 2.46 bits per heavy atom. The quantitative estimate of drug-likeness (QED) is 0.690. The van der Waals surface area contributed by atoms with E-state index in [0.29, 0.717) is 12.0 Å². The van der Waals surface area contributed by atoms with Gasteiger partial charge in [-0.3, -0.25) is 4.98 Å². The van der Waals surface area contributed by atoms with Gasteiger partial charge in [0.2, 0.25) is 0 Å². The molecule has 0 amide bonds. The second-order valence-electron chi connectivity index (χ2n) is 7.92. The fourth-order valence-electron chi connectivity index (χ4n) is 3.02. The number of rotatable bonds is 6. The van der Waals surface area contributed by atoms with E-state index in [2.05, 4.69) is 32.7 Å². The Labute approximate surface area is 165 Å². The number of aromatic carboxylic acids is 1. The Morgan fingerprint density at radius 2 is 1.86 bits per heavy atom. The summed E-state index contributed by atoms with van der Waals surface area (Å²) in [5, 5.41) is 14.1. The lowest BCUT2D eigenvalue weighted by molar-refractivity contribution is 0.0697. The minimum atomic E-state index is -0.977. The maximum atomic E-state index is 11.4. The summed E-state index contributed by atoms with van der Waals surface area (Å²) in [6.07, 6.45) is 4.67. The fraction of sp³-hybridized carbons (Fsp3) is 0.364. The standard InChI is InChI=1S/C22H26N4O2/c1-5-12-26-19(24-21(25-26)22(2,3)4)13-15-6-8-16(9-7-15)17-10-11-23-14-18(17)20(27)28/h6-11,14H,5,12-13H2,1-4H3,(H,27,28). The first kappa shape index (κ1) is 19.7. The van der Waals surface area contributed by atoms with Gasteiger partial charge in [-0.05, 0) is 29.2 Å². The van der Waals surface area contributed by atoms with E-state index in [4.69, 9.17) is 10.1 Å². The van der Waals surface area contributed by atoms with Gasteiger partial charge >= 0.3 is 5.97 Å². The molecule has 0 saturated heterocycles. The second-order valence-corrected chi connectivity index (χ2v) is 7.92. The van der Waals surface area contributed by atoms with Crippen molar-refractivity contribution in [2.24, 2.45) is 0 Å². The molecule has 2 aromatic heterocycles.